The number of phosphoric acid groups is 1. The first kappa shape index (κ1) is 35.3. The minimum absolute atomic E-state index is 0.0646. The molecule has 0 aromatic carbocycles. The lowest BCUT2D eigenvalue weighted by Gasteiger charge is -2.22. The van der Waals surface area contributed by atoms with Crippen LogP contribution in [0.2, 0.25) is 0 Å². The van der Waals surface area contributed by atoms with E-state index in [0.717, 1.165) is 23.5 Å². The first-order valence-corrected chi connectivity index (χ1v) is 16.3. The maximum Gasteiger partial charge on any atom is 0.474 e. The molecule has 1 aliphatic heterocycles. The summed E-state index contributed by atoms with van der Waals surface area (Å²) in [6.45, 7) is 11.6. The molecule has 1 aromatic rings. The van der Waals surface area contributed by atoms with Crippen molar-refractivity contribution in [2.75, 3.05) is 31.3 Å². The standard InChI is InChI=1S/C24H38N5O9PS2/c1-15-13-29(22(33)26-19(15)30)18-12-16(27-28-25)17(38-18)14-37-39(34,35-8-10-40-20(31)23(2,3)4)36-9-11-41-21(32)24(5,6)7/h13,16-18H,8-12,14H2,1-7H3,(H,26,30,33)/t16-,17+,18+/m0/s1. The Bertz CT molecular complexity index is 1260. The van der Waals surface area contributed by atoms with Crippen molar-refractivity contribution in [3.8, 4) is 0 Å². The number of thioether (sulfide) groups is 2. The maximum atomic E-state index is 13.5. The van der Waals surface area contributed by atoms with Gasteiger partial charge in [-0.1, -0.05) is 70.2 Å². The van der Waals surface area contributed by atoms with Crippen LogP contribution in [0.1, 0.15) is 59.8 Å². The molecule has 1 N–H and O–H groups in total. The molecule has 0 aliphatic carbocycles. The fourth-order valence-electron chi connectivity index (χ4n) is 3.30. The fraction of sp³-hybridized carbons (Fsp3) is 0.750. The van der Waals surface area contributed by atoms with Crippen molar-refractivity contribution >= 4 is 41.6 Å². The summed E-state index contributed by atoms with van der Waals surface area (Å²) in [7, 11) is -4.21. The van der Waals surface area contributed by atoms with Crippen LogP contribution in [0, 0.1) is 17.8 Å². The van der Waals surface area contributed by atoms with Crippen LogP contribution in [0.5, 0.6) is 0 Å². The van der Waals surface area contributed by atoms with E-state index in [1.54, 1.807) is 41.5 Å². The van der Waals surface area contributed by atoms with E-state index in [0.29, 0.717) is 0 Å². The highest BCUT2D eigenvalue weighted by Crippen LogP contribution is 2.50. The second-order valence-corrected chi connectivity index (χ2v) is 15.1. The molecule has 17 heteroatoms. The molecule has 1 fully saturated rings. The summed E-state index contributed by atoms with van der Waals surface area (Å²) >= 11 is 2.06. The molecule has 0 radical (unpaired) electrons. The maximum absolute atomic E-state index is 13.5. The smallest absolute Gasteiger partial charge is 0.352 e. The zero-order valence-corrected chi connectivity index (χ0v) is 26.8. The molecule has 0 unspecified atom stereocenters. The Labute approximate surface area is 246 Å². The highest BCUT2D eigenvalue weighted by molar-refractivity contribution is 8.14. The van der Waals surface area contributed by atoms with Crippen molar-refractivity contribution in [3.05, 3.63) is 43.0 Å². The number of hydrogen-bond acceptors (Lipinski definition) is 12. The van der Waals surface area contributed by atoms with E-state index < -0.39 is 48.3 Å². The first-order chi connectivity index (χ1) is 19.0. The number of ether oxygens (including phenoxy) is 1. The number of rotatable bonds is 13. The molecule has 0 amide bonds. The van der Waals surface area contributed by atoms with Crippen molar-refractivity contribution in [2.45, 2.75) is 73.3 Å². The summed E-state index contributed by atoms with van der Waals surface area (Å²) in [6.07, 6.45) is -0.383. The van der Waals surface area contributed by atoms with Crippen LogP contribution in [0.4, 0.5) is 0 Å². The van der Waals surface area contributed by atoms with Gasteiger partial charge in [0.25, 0.3) is 5.56 Å². The molecule has 0 spiro atoms. The number of carbonyl (C=O) groups excluding carboxylic acids is 2. The number of aromatic nitrogens is 2. The Kier molecular flexibility index (Phi) is 12.9. The second-order valence-electron chi connectivity index (χ2n) is 11.3. The predicted octanol–water partition coefficient (Wildman–Crippen LogP) is 4.58. The van der Waals surface area contributed by atoms with Gasteiger partial charge in [0.05, 0.1) is 32.0 Å². The Morgan fingerprint density at radius 2 is 1.63 bits per heavy atom. The molecule has 1 aliphatic rings. The number of phosphoric ester groups is 1. The highest BCUT2D eigenvalue weighted by atomic mass is 32.2. The molecule has 3 atom stereocenters. The van der Waals surface area contributed by atoms with Crippen molar-refractivity contribution < 1.29 is 32.5 Å². The van der Waals surface area contributed by atoms with Gasteiger partial charge in [-0.2, -0.15) is 0 Å². The number of aryl methyl sites for hydroxylation is 1. The average molecular weight is 636 g/mol. The van der Waals surface area contributed by atoms with E-state index in [1.807, 2.05) is 0 Å². The van der Waals surface area contributed by atoms with Gasteiger partial charge in [0.2, 0.25) is 0 Å². The lowest BCUT2D eigenvalue weighted by atomic mass is 9.99. The zero-order chi connectivity index (χ0) is 31.0. The van der Waals surface area contributed by atoms with Crippen LogP contribution in [0.15, 0.2) is 20.9 Å². The van der Waals surface area contributed by atoms with Crippen LogP contribution in [-0.2, 0) is 32.5 Å². The molecule has 14 nitrogen and oxygen atoms in total. The van der Waals surface area contributed by atoms with Crippen LogP contribution >= 0.6 is 31.3 Å². The highest BCUT2D eigenvalue weighted by Gasteiger charge is 2.39. The Hall–Kier alpha value is -1.90. The van der Waals surface area contributed by atoms with E-state index in [2.05, 4.69) is 15.0 Å². The van der Waals surface area contributed by atoms with Crippen molar-refractivity contribution in [1.29, 1.82) is 0 Å². The van der Waals surface area contributed by atoms with Gasteiger partial charge in [-0.3, -0.25) is 37.5 Å². The molecular formula is C24H38N5O9PS2. The quantitative estimate of drug-likeness (QED) is 0.105. The summed E-state index contributed by atoms with van der Waals surface area (Å²) in [5, 5.41) is 3.59. The van der Waals surface area contributed by atoms with Gasteiger partial charge in [0.1, 0.15) is 6.23 Å². The molecule has 41 heavy (non-hydrogen) atoms. The third-order valence-electron chi connectivity index (χ3n) is 5.61. The number of carbonyl (C=O) groups is 2. The summed E-state index contributed by atoms with van der Waals surface area (Å²) in [5.74, 6) is 0.393. The summed E-state index contributed by atoms with van der Waals surface area (Å²) in [4.78, 5) is 53.5. The molecule has 2 rings (SSSR count). The minimum atomic E-state index is -4.21. The van der Waals surface area contributed by atoms with Crippen molar-refractivity contribution in [1.82, 2.24) is 9.55 Å². The van der Waals surface area contributed by atoms with Gasteiger partial charge < -0.3 is 4.74 Å². The molecule has 230 valence electrons. The molecular weight excluding hydrogens is 597 g/mol. The predicted molar refractivity (Wildman–Crippen MR) is 157 cm³/mol. The van der Waals surface area contributed by atoms with Gasteiger partial charge >= 0.3 is 13.5 Å². The lowest BCUT2D eigenvalue weighted by Crippen LogP contribution is -2.33. The Morgan fingerprint density at radius 1 is 1.10 bits per heavy atom. The second kappa shape index (κ2) is 15.0. The van der Waals surface area contributed by atoms with E-state index in [-0.39, 0.29) is 53.5 Å². The largest absolute Gasteiger partial charge is 0.474 e. The van der Waals surface area contributed by atoms with Crippen LogP contribution in [0.3, 0.4) is 0 Å². The van der Waals surface area contributed by atoms with Crippen molar-refractivity contribution in [3.63, 3.8) is 0 Å². The summed E-state index contributed by atoms with van der Waals surface area (Å²) in [5.41, 5.74) is 6.97. The van der Waals surface area contributed by atoms with E-state index >= 15 is 0 Å². The molecule has 1 aromatic heterocycles. The third-order valence-corrected chi connectivity index (χ3v) is 9.57. The van der Waals surface area contributed by atoms with Gasteiger partial charge in [0, 0.05) is 45.4 Å². The monoisotopic (exact) mass is 635 g/mol. The number of aromatic amines is 1. The summed E-state index contributed by atoms with van der Waals surface area (Å²) < 4.78 is 37.1. The fourth-order valence-corrected chi connectivity index (χ4v) is 6.30. The number of nitrogens with one attached hydrogen (secondary N) is 1. The topological polar surface area (TPSA) is 192 Å². The van der Waals surface area contributed by atoms with Gasteiger partial charge in [-0.05, 0) is 12.5 Å². The van der Waals surface area contributed by atoms with Crippen molar-refractivity contribution in [2.24, 2.45) is 15.9 Å². The first-order valence-electron chi connectivity index (χ1n) is 12.9. The van der Waals surface area contributed by atoms with Crippen LogP contribution in [0.25, 0.3) is 10.4 Å². The molecule has 0 bridgehead atoms. The normalized spacial score (nSPS) is 19.6. The SMILES string of the molecule is Cc1cn([C@H]2C[C@H](N=[N+]=[N-])[C@@H](COP(=O)(OCCSC(=O)C(C)(C)C)OCCSC(=O)C(C)(C)C)O2)c(=O)[nH]c1=O. The third kappa shape index (κ3) is 11.0. The number of hydrogen-bond donors (Lipinski definition) is 1. The molecule has 0 saturated carbocycles. The summed E-state index contributed by atoms with van der Waals surface area (Å²) in [6, 6.07) is -0.794. The molecule has 1 saturated heterocycles. The number of nitrogens with zero attached hydrogens (tertiary/aromatic N) is 4. The Balaban J connectivity index is 2.11. The molecule has 2 heterocycles. The minimum Gasteiger partial charge on any atom is -0.352 e. The van der Waals surface area contributed by atoms with Gasteiger partial charge in [-0.25, -0.2) is 9.36 Å². The van der Waals surface area contributed by atoms with E-state index in [4.69, 9.17) is 23.8 Å². The van der Waals surface area contributed by atoms with Gasteiger partial charge in [0.15, 0.2) is 10.2 Å². The number of azide groups is 1. The average Bonchev–Trinajstić information content (AvgIpc) is 3.27. The van der Waals surface area contributed by atoms with Crippen LogP contribution in [-0.4, -0.2) is 63.3 Å². The van der Waals surface area contributed by atoms with E-state index in [9.17, 15) is 23.7 Å². The lowest BCUT2D eigenvalue weighted by molar-refractivity contribution is -0.118. The number of H-pyrrole nitrogens is 1. The zero-order valence-electron chi connectivity index (χ0n) is 24.3. The van der Waals surface area contributed by atoms with Crippen LogP contribution < -0.4 is 11.2 Å². The van der Waals surface area contributed by atoms with E-state index in [1.165, 1.54) is 17.7 Å². The van der Waals surface area contributed by atoms with Gasteiger partial charge in [-0.15, -0.1) is 0 Å². The Morgan fingerprint density at radius 3 is 2.12 bits per heavy atom.